The van der Waals surface area contributed by atoms with Gasteiger partial charge in [-0.25, -0.2) is 0 Å². The fourth-order valence-electron chi connectivity index (χ4n) is 6.56. The lowest BCUT2D eigenvalue weighted by Crippen LogP contribution is -3.16. The van der Waals surface area contributed by atoms with Crippen LogP contribution in [-0.4, -0.2) is 42.8 Å². The fraction of sp³-hybridized carbons (Fsp3) is 0.944. The predicted molar refractivity (Wildman–Crippen MR) is 85.4 cm³/mol. The summed E-state index contributed by atoms with van der Waals surface area (Å²) >= 11 is 0. The summed E-state index contributed by atoms with van der Waals surface area (Å²) < 4.78 is 5.86. The highest BCUT2D eigenvalue weighted by atomic mass is 16.5. The van der Waals surface area contributed by atoms with Crippen molar-refractivity contribution in [3.63, 3.8) is 0 Å². The Morgan fingerprint density at radius 3 is 2.00 bits per heavy atom. The Bertz CT molecular complexity index is 417. The number of nitrogens with one attached hydrogen (secondary N) is 1. The van der Waals surface area contributed by atoms with Gasteiger partial charge in [-0.1, -0.05) is 5.16 Å². The van der Waals surface area contributed by atoms with E-state index in [1.54, 1.807) is 0 Å². The smallest absolute Gasteiger partial charge is 0.120 e. The minimum Gasteiger partial charge on any atom is -0.411 e. The number of ether oxygens (including phenoxy) is 1. The fourth-order valence-corrected chi connectivity index (χ4v) is 6.56. The third-order valence-corrected chi connectivity index (χ3v) is 6.81. The molecule has 0 unspecified atom stereocenters. The van der Waals surface area contributed by atoms with Crippen molar-refractivity contribution in [3.8, 4) is 0 Å². The summed E-state index contributed by atoms with van der Waals surface area (Å²) in [6.45, 7) is 7.32. The second-order valence-corrected chi connectivity index (χ2v) is 8.84. The minimum atomic E-state index is 0.237. The highest BCUT2D eigenvalue weighted by Gasteiger charge is 2.54. The van der Waals surface area contributed by atoms with Crippen LogP contribution in [0.3, 0.4) is 0 Å². The summed E-state index contributed by atoms with van der Waals surface area (Å²) in [4.78, 5) is 1.54. The molecule has 0 aromatic heterocycles. The number of oxime groups is 1. The van der Waals surface area contributed by atoms with E-state index in [1.165, 1.54) is 43.4 Å². The van der Waals surface area contributed by atoms with E-state index >= 15 is 0 Å². The first-order valence-corrected chi connectivity index (χ1v) is 9.27. The lowest BCUT2D eigenvalue weighted by Gasteiger charge is -2.56. The van der Waals surface area contributed by atoms with Crippen molar-refractivity contribution in [1.82, 2.24) is 0 Å². The second kappa shape index (κ2) is 5.48. The summed E-state index contributed by atoms with van der Waals surface area (Å²) in [5.41, 5.74) is 1.35. The lowest BCUT2D eigenvalue weighted by atomic mass is 9.48. The van der Waals surface area contributed by atoms with Crippen LogP contribution in [0.25, 0.3) is 0 Å². The Morgan fingerprint density at radius 1 is 1.05 bits per heavy atom. The zero-order chi connectivity index (χ0) is 15.3. The van der Waals surface area contributed by atoms with Crippen molar-refractivity contribution in [2.24, 2.45) is 28.3 Å². The van der Waals surface area contributed by atoms with Crippen LogP contribution in [0.15, 0.2) is 5.16 Å². The molecular formula is C18H31N2O2+. The van der Waals surface area contributed by atoms with Gasteiger partial charge in [0.05, 0.1) is 0 Å². The molecule has 0 amide bonds. The summed E-state index contributed by atoms with van der Waals surface area (Å²) in [5, 5.41) is 13.7. The van der Waals surface area contributed by atoms with Gasteiger partial charge in [-0.05, 0) is 70.1 Å². The number of nitrogens with zero attached hydrogens (tertiary/aromatic N) is 1. The van der Waals surface area contributed by atoms with Gasteiger partial charge in [0.2, 0.25) is 0 Å². The highest BCUT2D eigenvalue weighted by molar-refractivity contribution is 5.91. The molecule has 0 aromatic rings. The Hall–Kier alpha value is -0.610. The largest absolute Gasteiger partial charge is 0.411 e. The lowest BCUT2D eigenvalue weighted by molar-refractivity contribution is -0.906. The molecule has 0 spiro atoms. The van der Waals surface area contributed by atoms with Crippen LogP contribution < -0.4 is 4.90 Å². The van der Waals surface area contributed by atoms with E-state index in [9.17, 15) is 5.21 Å². The molecule has 4 nitrogen and oxygen atoms in total. The van der Waals surface area contributed by atoms with Gasteiger partial charge in [0.1, 0.15) is 37.6 Å². The van der Waals surface area contributed by atoms with Gasteiger partial charge in [0.25, 0.3) is 0 Å². The molecule has 4 saturated carbocycles. The van der Waals surface area contributed by atoms with Crippen molar-refractivity contribution in [2.75, 3.05) is 19.6 Å². The standard InChI is InChI=1S/C18H30N2O2/c1-12-9-20(10-13(2)22-12)11-17(19-21)18-6-14-3-15(7-18)5-16(4-14)8-18/h12-16,21H,3-11H2,1-2H3/p+1/b19-17-/t12-,13-,14?,15?,16?,18?/m0/s1. The quantitative estimate of drug-likeness (QED) is 0.474. The van der Waals surface area contributed by atoms with E-state index in [0.717, 1.165) is 43.1 Å². The van der Waals surface area contributed by atoms with E-state index in [-0.39, 0.29) is 5.41 Å². The van der Waals surface area contributed by atoms with Crippen molar-refractivity contribution < 1.29 is 14.8 Å². The SMILES string of the molecule is C[C@H]1C[NH+](C/C(=N/O)C23CC4CC(CC(C4)C2)C3)C[C@H](C)O1. The Labute approximate surface area is 133 Å². The molecule has 1 heterocycles. The third kappa shape index (κ3) is 2.58. The second-order valence-electron chi connectivity index (χ2n) is 8.84. The topological polar surface area (TPSA) is 46.3 Å². The monoisotopic (exact) mass is 307 g/mol. The average molecular weight is 307 g/mol. The summed E-state index contributed by atoms with van der Waals surface area (Å²) in [6, 6.07) is 0. The van der Waals surface area contributed by atoms with Crippen LogP contribution in [0, 0.1) is 23.2 Å². The average Bonchev–Trinajstić information content (AvgIpc) is 2.42. The van der Waals surface area contributed by atoms with Crippen molar-refractivity contribution >= 4 is 5.71 Å². The zero-order valence-corrected chi connectivity index (χ0v) is 14.1. The summed E-state index contributed by atoms with van der Waals surface area (Å²) in [6.07, 6.45) is 8.81. The van der Waals surface area contributed by atoms with Crippen LogP contribution in [0.4, 0.5) is 0 Å². The van der Waals surface area contributed by atoms with Crippen LogP contribution in [0.1, 0.15) is 52.4 Å². The maximum absolute atomic E-state index is 9.79. The number of quaternary nitrogens is 1. The molecule has 5 rings (SSSR count). The molecule has 2 N–H and O–H groups in total. The molecule has 124 valence electrons. The molecule has 0 radical (unpaired) electrons. The normalized spacial score (nSPS) is 51.3. The Kier molecular flexibility index (Phi) is 3.73. The molecule has 1 aliphatic heterocycles. The number of hydrogen-bond acceptors (Lipinski definition) is 3. The molecule has 1 saturated heterocycles. The molecule has 4 heteroatoms. The molecule has 4 aliphatic carbocycles. The van der Waals surface area contributed by atoms with Gasteiger partial charge < -0.3 is 14.8 Å². The first-order valence-electron chi connectivity index (χ1n) is 9.27. The molecule has 4 bridgehead atoms. The van der Waals surface area contributed by atoms with E-state index in [2.05, 4.69) is 19.0 Å². The predicted octanol–water partition coefficient (Wildman–Crippen LogP) is 1.73. The maximum Gasteiger partial charge on any atom is 0.120 e. The van der Waals surface area contributed by atoms with Gasteiger partial charge in [-0.15, -0.1) is 0 Å². The first-order chi connectivity index (χ1) is 10.6. The molecular weight excluding hydrogens is 276 g/mol. The van der Waals surface area contributed by atoms with Gasteiger partial charge in [-0.2, -0.15) is 0 Å². The van der Waals surface area contributed by atoms with Crippen molar-refractivity contribution in [1.29, 1.82) is 0 Å². The zero-order valence-electron chi connectivity index (χ0n) is 14.1. The van der Waals surface area contributed by atoms with Crippen LogP contribution >= 0.6 is 0 Å². The molecule has 5 fully saturated rings. The number of rotatable bonds is 3. The van der Waals surface area contributed by atoms with E-state index < -0.39 is 0 Å². The maximum atomic E-state index is 9.79. The highest BCUT2D eigenvalue weighted by Crippen LogP contribution is 2.60. The number of hydrogen-bond donors (Lipinski definition) is 2. The summed E-state index contributed by atoms with van der Waals surface area (Å²) in [5.74, 6) is 2.71. The van der Waals surface area contributed by atoms with Crippen LogP contribution in [0.2, 0.25) is 0 Å². The van der Waals surface area contributed by atoms with Gasteiger partial charge >= 0.3 is 0 Å². The van der Waals surface area contributed by atoms with Crippen molar-refractivity contribution in [2.45, 2.75) is 64.6 Å². The molecule has 22 heavy (non-hydrogen) atoms. The van der Waals surface area contributed by atoms with Crippen molar-refractivity contribution in [3.05, 3.63) is 0 Å². The van der Waals surface area contributed by atoms with E-state index in [4.69, 9.17) is 4.74 Å². The Morgan fingerprint density at radius 2 is 1.55 bits per heavy atom. The van der Waals surface area contributed by atoms with Crippen LogP contribution in [-0.2, 0) is 4.74 Å². The molecule has 0 aromatic carbocycles. The van der Waals surface area contributed by atoms with Gasteiger partial charge in [-0.3, -0.25) is 0 Å². The number of morpholine rings is 1. The third-order valence-electron chi connectivity index (χ3n) is 6.81. The molecule has 2 atom stereocenters. The van der Waals surface area contributed by atoms with E-state index in [0.29, 0.717) is 12.2 Å². The van der Waals surface area contributed by atoms with Gasteiger partial charge in [0.15, 0.2) is 0 Å². The Balaban J connectivity index is 1.50. The van der Waals surface area contributed by atoms with E-state index in [1.807, 2.05) is 0 Å². The molecule has 5 aliphatic rings. The van der Waals surface area contributed by atoms with Crippen LogP contribution in [0.5, 0.6) is 0 Å². The van der Waals surface area contributed by atoms with Gasteiger partial charge in [0, 0.05) is 5.41 Å². The first kappa shape index (κ1) is 14.9. The minimum absolute atomic E-state index is 0.237. The summed E-state index contributed by atoms with van der Waals surface area (Å²) in [7, 11) is 0.